The lowest BCUT2D eigenvalue weighted by atomic mass is 9.95. The Labute approximate surface area is 260 Å². The molecule has 1 atom stereocenters. The first-order valence-corrected chi connectivity index (χ1v) is 15.3. The summed E-state index contributed by atoms with van der Waals surface area (Å²) in [5.41, 5.74) is 4.18. The smallest absolute Gasteiger partial charge is 0.338 e. The van der Waals surface area contributed by atoms with Gasteiger partial charge in [0.15, 0.2) is 16.3 Å². The average molecular weight is 613 g/mol. The lowest BCUT2D eigenvalue weighted by molar-refractivity contribution is -0.139. The van der Waals surface area contributed by atoms with Crippen molar-refractivity contribution in [2.24, 2.45) is 4.99 Å². The van der Waals surface area contributed by atoms with Gasteiger partial charge in [0.2, 0.25) is 0 Å². The maximum Gasteiger partial charge on any atom is 0.338 e. The highest BCUT2D eigenvalue weighted by molar-refractivity contribution is 7.07. The molecule has 0 saturated carbocycles. The van der Waals surface area contributed by atoms with E-state index in [0.29, 0.717) is 50.0 Å². The van der Waals surface area contributed by atoms with Crippen LogP contribution in [0.25, 0.3) is 6.08 Å². The molecule has 44 heavy (non-hydrogen) atoms. The van der Waals surface area contributed by atoms with Gasteiger partial charge in [-0.1, -0.05) is 65.4 Å². The summed E-state index contributed by atoms with van der Waals surface area (Å²) >= 11 is 1.26. The Morgan fingerprint density at radius 2 is 1.77 bits per heavy atom. The first kappa shape index (κ1) is 30.8. The van der Waals surface area contributed by atoms with Gasteiger partial charge in [0, 0.05) is 5.56 Å². The molecule has 0 spiro atoms. The van der Waals surface area contributed by atoms with Crippen LogP contribution in [0.4, 0.5) is 0 Å². The van der Waals surface area contributed by atoms with Gasteiger partial charge < -0.3 is 18.9 Å². The van der Waals surface area contributed by atoms with Gasteiger partial charge in [-0.3, -0.25) is 9.36 Å². The number of ether oxygens (including phenoxy) is 4. The number of hydrogen-bond donors (Lipinski definition) is 0. The fourth-order valence-corrected chi connectivity index (χ4v) is 6.07. The predicted molar refractivity (Wildman–Crippen MR) is 171 cm³/mol. The monoisotopic (exact) mass is 612 g/mol. The van der Waals surface area contributed by atoms with Gasteiger partial charge in [-0.25, -0.2) is 9.79 Å². The van der Waals surface area contributed by atoms with E-state index in [1.54, 1.807) is 37.7 Å². The van der Waals surface area contributed by atoms with Crippen LogP contribution in [0, 0.1) is 6.92 Å². The number of allylic oxidation sites excluding steroid dienone is 1. The Kier molecular flexibility index (Phi) is 9.35. The zero-order valence-corrected chi connectivity index (χ0v) is 26.6. The summed E-state index contributed by atoms with van der Waals surface area (Å²) in [6.45, 7) is 10.0. The molecular formula is C35H36N2O6S. The van der Waals surface area contributed by atoms with Gasteiger partial charge in [0.05, 0.1) is 41.7 Å². The Morgan fingerprint density at radius 1 is 1.02 bits per heavy atom. The number of carbonyl (C=O) groups excluding carboxylic acids is 1. The third-order valence-corrected chi connectivity index (χ3v) is 8.09. The van der Waals surface area contributed by atoms with Crippen molar-refractivity contribution in [2.75, 3.05) is 13.7 Å². The van der Waals surface area contributed by atoms with E-state index in [-0.39, 0.29) is 18.3 Å². The topological polar surface area (TPSA) is 88.4 Å². The van der Waals surface area contributed by atoms with Crippen LogP contribution >= 0.6 is 11.3 Å². The second kappa shape index (κ2) is 13.3. The Hall–Kier alpha value is -4.63. The van der Waals surface area contributed by atoms with Crippen molar-refractivity contribution in [1.29, 1.82) is 0 Å². The lowest BCUT2D eigenvalue weighted by Gasteiger charge is -2.25. The molecule has 1 aliphatic rings. The van der Waals surface area contributed by atoms with Gasteiger partial charge in [-0.05, 0) is 70.0 Å². The number of aromatic nitrogens is 1. The summed E-state index contributed by atoms with van der Waals surface area (Å²) in [5.74, 6) is 1.20. The molecule has 0 saturated heterocycles. The maximum atomic E-state index is 14.1. The van der Waals surface area contributed by atoms with E-state index in [4.69, 9.17) is 18.9 Å². The standard InChI is InChI=1S/C35H36N2O6S/c1-7-41-34(39)31-23(5)36-35-37(32(31)26-16-17-28(43-21(2)3)29(18-26)40-6)33(38)30(44-35)19-25-10-8-9-11-27(25)42-20-24-14-12-22(4)13-15-24/h8-19,21,32H,7,20H2,1-6H3. The fraction of sp³-hybridized carbons (Fsp3) is 0.286. The van der Waals surface area contributed by atoms with E-state index < -0.39 is 12.0 Å². The van der Waals surface area contributed by atoms with E-state index >= 15 is 0 Å². The van der Waals surface area contributed by atoms with Gasteiger partial charge in [0.25, 0.3) is 5.56 Å². The number of methoxy groups -OCH3 is 1. The van der Waals surface area contributed by atoms with E-state index in [9.17, 15) is 9.59 Å². The van der Waals surface area contributed by atoms with Gasteiger partial charge in [-0.2, -0.15) is 0 Å². The quantitative estimate of drug-likeness (QED) is 0.221. The minimum Gasteiger partial charge on any atom is -0.493 e. The molecule has 0 N–H and O–H groups in total. The minimum atomic E-state index is -0.775. The number of hydrogen-bond acceptors (Lipinski definition) is 8. The number of thiazole rings is 1. The van der Waals surface area contributed by atoms with Crippen molar-refractivity contribution < 1.29 is 23.7 Å². The van der Waals surface area contributed by atoms with Crippen LogP contribution in [-0.4, -0.2) is 30.4 Å². The van der Waals surface area contributed by atoms with E-state index in [0.717, 1.165) is 11.1 Å². The first-order valence-electron chi connectivity index (χ1n) is 14.5. The summed E-state index contributed by atoms with van der Waals surface area (Å²) in [5, 5.41) is 0. The Balaban J connectivity index is 1.61. The highest BCUT2D eigenvalue weighted by Crippen LogP contribution is 2.36. The third-order valence-electron chi connectivity index (χ3n) is 7.10. The molecule has 0 radical (unpaired) electrons. The molecule has 228 valence electrons. The molecule has 5 rings (SSSR count). The molecule has 0 aliphatic carbocycles. The largest absolute Gasteiger partial charge is 0.493 e. The van der Waals surface area contributed by atoms with Gasteiger partial charge in [0.1, 0.15) is 12.4 Å². The first-order chi connectivity index (χ1) is 21.2. The summed E-state index contributed by atoms with van der Waals surface area (Å²) in [4.78, 5) is 32.6. The van der Waals surface area contributed by atoms with Crippen molar-refractivity contribution in [2.45, 2.75) is 53.4 Å². The van der Waals surface area contributed by atoms with Crippen LogP contribution in [0.3, 0.4) is 0 Å². The summed E-state index contributed by atoms with van der Waals surface area (Å²) < 4.78 is 25.2. The molecule has 0 bridgehead atoms. The minimum absolute atomic E-state index is 0.0617. The third kappa shape index (κ3) is 6.48. The summed E-state index contributed by atoms with van der Waals surface area (Å²) in [6, 6.07) is 20.4. The molecule has 1 aromatic heterocycles. The summed E-state index contributed by atoms with van der Waals surface area (Å²) in [7, 11) is 1.56. The number of fused-ring (bicyclic) bond motifs is 1. The molecule has 1 aliphatic heterocycles. The second-order valence-electron chi connectivity index (χ2n) is 10.7. The lowest BCUT2D eigenvalue weighted by Crippen LogP contribution is -2.40. The van der Waals surface area contributed by atoms with E-state index in [2.05, 4.69) is 17.1 Å². The van der Waals surface area contributed by atoms with Crippen LogP contribution in [0.5, 0.6) is 17.2 Å². The molecule has 2 heterocycles. The molecular weight excluding hydrogens is 576 g/mol. The Morgan fingerprint density at radius 3 is 2.48 bits per heavy atom. The van der Waals surface area contributed by atoms with Crippen LogP contribution in [0.1, 0.15) is 56.0 Å². The van der Waals surface area contributed by atoms with Crippen molar-refractivity contribution in [3.63, 3.8) is 0 Å². The van der Waals surface area contributed by atoms with Crippen LogP contribution in [0.15, 0.2) is 87.8 Å². The molecule has 0 fully saturated rings. The normalized spacial score (nSPS) is 14.7. The Bertz CT molecular complexity index is 1890. The molecule has 1 unspecified atom stereocenters. The zero-order valence-electron chi connectivity index (χ0n) is 25.7. The number of esters is 1. The number of para-hydroxylation sites is 1. The van der Waals surface area contributed by atoms with Crippen LogP contribution < -0.4 is 29.1 Å². The average Bonchev–Trinajstić information content (AvgIpc) is 3.30. The molecule has 3 aromatic carbocycles. The van der Waals surface area contributed by atoms with Gasteiger partial charge >= 0.3 is 5.97 Å². The van der Waals surface area contributed by atoms with Crippen molar-refractivity contribution >= 4 is 23.4 Å². The second-order valence-corrected chi connectivity index (χ2v) is 11.7. The number of benzene rings is 3. The van der Waals surface area contributed by atoms with Gasteiger partial charge in [-0.15, -0.1) is 0 Å². The number of aryl methyl sites for hydroxylation is 1. The van der Waals surface area contributed by atoms with Crippen molar-refractivity contribution in [3.05, 3.63) is 120 Å². The molecule has 4 aromatic rings. The number of carbonyl (C=O) groups is 1. The van der Waals surface area contributed by atoms with E-state index in [1.165, 1.54) is 16.9 Å². The number of rotatable bonds is 10. The fourth-order valence-electron chi connectivity index (χ4n) is 5.03. The molecule has 0 amide bonds. The number of nitrogens with zero attached hydrogens (tertiary/aromatic N) is 2. The SMILES string of the molecule is CCOC(=O)C1=C(C)N=c2sc(=Cc3ccccc3OCc3ccc(C)cc3)c(=O)n2C1c1ccc(OC(C)C)c(OC)c1. The zero-order chi connectivity index (χ0) is 31.4. The predicted octanol–water partition coefficient (Wildman–Crippen LogP) is 5.48. The highest BCUT2D eigenvalue weighted by Gasteiger charge is 2.34. The van der Waals surface area contributed by atoms with Crippen LogP contribution in [0.2, 0.25) is 0 Å². The molecule has 9 heteroatoms. The highest BCUT2D eigenvalue weighted by atomic mass is 32.1. The maximum absolute atomic E-state index is 14.1. The summed E-state index contributed by atoms with van der Waals surface area (Å²) in [6.07, 6.45) is 1.75. The molecule has 8 nitrogen and oxygen atoms in total. The van der Waals surface area contributed by atoms with Crippen LogP contribution in [-0.2, 0) is 16.1 Å². The van der Waals surface area contributed by atoms with Crippen molar-refractivity contribution in [3.8, 4) is 17.2 Å². The van der Waals surface area contributed by atoms with E-state index in [1.807, 2.05) is 69.3 Å². The van der Waals surface area contributed by atoms with Crippen molar-refractivity contribution in [1.82, 2.24) is 4.57 Å².